The Kier molecular flexibility index (Phi) is 3.45. The van der Waals surface area contributed by atoms with Crippen LogP contribution in [-0.2, 0) is 0 Å². The average Bonchev–Trinajstić information content (AvgIpc) is 2.18. The summed E-state index contributed by atoms with van der Waals surface area (Å²) in [5, 5.41) is 10.8. The van der Waals surface area contributed by atoms with Crippen molar-refractivity contribution in [3.63, 3.8) is 0 Å². The standard InChI is InChI=1S/C10H14N2O2/c1-2-8-4-3-5-10(12(13)14)9(8)6-7-11/h3-7,9-10H,2,11H2,1H3/b7-6-. The van der Waals surface area contributed by atoms with Crippen LogP contribution >= 0.6 is 0 Å². The molecule has 1 aliphatic rings. The summed E-state index contributed by atoms with van der Waals surface area (Å²) in [6.07, 6.45) is 9.14. The molecule has 0 heterocycles. The van der Waals surface area contributed by atoms with E-state index in [1.807, 2.05) is 13.0 Å². The lowest BCUT2D eigenvalue weighted by molar-refractivity contribution is -0.514. The lowest BCUT2D eigenvalue weighted by Crippen LogP contribution is -2.29. The van der Waals surface area contributed by atoms with Crippen molar-refractivity contribution < 1.29 is 4.92 Å². The third-order valence-electron chi connectivity index (χ3n) is 2.38. The summed E-state index contributed by atoms with van der Waals surface area (Å²) in [4.78, 5) is 10.5. The molecule has 0 amide bonds. The van der Waals surface area contributed by atoms with Crippen molar-refractivity contribution in [1.82, 2.24) is 0 Å². The molecule has 4 nitrogen and oxygen atoms in total. The van der Waals surface area contributed by atoms with Crippen molar-refractivity contribution in [3.05, 3.63) is 46.2 Å². The predicted octanol–water partition coefficient (Wildman–Crippen LogP) is 1.63. The van der Waals surface area contributed by atoms with Gasteiger partial charge in [-0.05, 0) is 18.7 Å². The SMILES string of the molecule is CCC1=CC=CC([N+](=O)[O-])C1/C=C\N. The number of hydrogen-bond acceptors (Lipinski definition) is 3. The van der Waals surface area contributed by atoms with Crippen LogP contribution in [0.1, 0.15) is 13.3 Å². The summed E-state index contributed by atoms with van der Waals surface area (Å²) >= 11 is 0. The van der Waals surface area contributed by atoms with Gasteiger partial charge >= 0.3 is 0 Å². The molecule has 4 heteroatoms. The summed E-state index contributed by atoms with van der Waals surface area (Å²) in [6, 6.07) is -0.672. The Morgan fingerprint density at radius 3 is 2.93 bits per heavy atom. The highest BCUT2D eigenvalue weighted by Crippen LogP contribution is 2.26. The Balaban J connectivity index is 2.95. The van der Waals surface area contributed by atoms with Crippen LogP contribution < -0.4 is 5.73 Å². The van der Waals surface area contributed by atoms with Crippen LogP contribution in [0.2, 0.25) is 0 Å². The lowest BCUT2D eigenvalue weighted by atomic mass is 9.86. The number of nitrogens with zero attached hydrogens (tertiary/aromatic N) is 1. The van der Waals surface area contributed by atoms with Crippen LogP contribution in [0, 0.1) is 16.0 Å². The van der Waals surface area contributed by atoms with E-state index in [0.717, 1.165) is 12.0 Å². The molecule has 0 bridgehead atoms. The van der Waals surface area contributed by atoms with E-state index < -0.39 is 6.04 Å². The van der Waals surface area contributed by atoms with Gasteiger partial charge < -0.3 is 5.73 Å². The number of hydrogen-bond donors (Lipinski definition) is 1. The lowest BCUT2D eigenvalue weighted by Gasteiger charge is -2.20. The molecule has 0 aliphatic heterocycles. The molecule has 0 saturated heterocycles. The van der Waals surface area contributed by atoms with E-state index in [0.29, 0.717) is 0 Å². The highest BCUT2D eigenvalue weighted by atomic mass is 16.6. The minimum atomic E-state index is -0.672. The summed E-state index contributed by atoms with van der Waals surface area (Å²) in [5.41, 5.74) is 6.34. The molecule has 0 saturated carbocycles. The van der Waals surface area contributed by atoms with E-state index in [2.05, 4.69) is 0 Å². The van der Waals surface area contributed by atoms with Crippen molar-refractivity contribution in [2.75, 3.05) is 0 Å². The molecule has 76 valence electrons. The van der Waals surface area contributed by atoms with Gasteiger partial charge in [-0.3, -0.25) is 10.1 Å². The number of rotatable bonds is 3. The maximum Gasteiger partial charge on any atom is 0.241 e. The highest BCUT2D eigenvalue weighted by Gasteiger charge is 2.30. The molecule has 0 spiro atoms. The first-order valence-electron chi connectivity index (χ1n) is 4.59. The van der Waals surface area contributed by atoms with Crippen molar-refractivity contribution in [2.45, 2.75) is 19.4 Å². The van der Waals surface area contributed by atoms with E-state index in [4.69, 9.17) is 5.73 Å². The zero-order valence-corrected chi connectivity index (χ0v) is 8.09. The van der Waals surface area contributed by atoms with Gasteiger partial charge in [0.1, 0.15) is 0 Å². The third kappa shape index (κ3) is 2.02. The smallest absolute Gasteiger partial charge is 0.241 e. The summed E-state index contributed by atoms with van der Waals surface area (Å²) in [6.45, 7) is 1.99. The van der Waals surface area contributed by atoms with Gasteiger partial charge in [-0.25, -0.2) is 0 Å². The van der Waals surface area contributed by atoms with Crippen LogP contribution in [0.4, 0.5) is 0 Å². The van der Waals surface area contributed by atoms with Gasteiger partial charge in [-0.15, -0.1) is 0 Å². The van der Waals surface area contributed by atoms with Gasteiger partial charge in [0, 0.05) is 4.92 Å². The topological polar surface area (TPSA) is 69.2 Å². The minimum absolute atomic E-state index is 0.190. The zero-order chi connectivity index (χ0) is 10.6. The molecule has 2 atom stereocenters. The van der Waals surface area contributed by atoms with Crippen LogP contribution in [0.5, 0.6) is 0 Å². The Labute approximate surface area is 82.9 Å². The summed E-state index contributed by atoms with van der Waals surface area (Å²) in [7, 11) is 0. The fourth-order valence-corrected chi connectivity index (χ4v) is 1.66. The van der Waals surface area contributed by atoms with Gasteiger partial charge in [0.2, 0.25) is 6.04 Å². The molecule has 0 aromatic rings. The zero-order valence-electron chi connectivity index (χ0n) is 8.09. The molecule has 0 aromatic carbocycles. The van der Waals surface area contributed by atoms with Gasteiger partial charge in [0.25, 0.3) is 0 Å². The van der Waals surface area contributed by atoms with Gasteiger partial charge in [-0.2, -0.15) is 0 Å². The van der Waals surface area contributed by atoms with E-state index >= 15 is 0 Å². The number of allylic oxidation sites excluding steroid dienone is 2. The van der Waals surface area contributed by atoms with Gasteiger partial charge in [-0.1, -0.05) is 30.7 Å². The molecule has 1 rings (SSSR count). The second-order valence-corrected chi connectivity index (χ2v) is 3.17. The number of nitro groups is 1. The fourth-order valence-electron chi connectivity index (χ4n) is 1.66. The predicted molar refractivity (Wildman–Crippen MR) is 55.1 cm³/mol. The second-order valence-electron chi connectivity index (χ2n) is 3.17. The van der Waals surface area contributed by atoms with Crippen LogP contribution in [-0.4, -0.2) is 11.0 Å². The van der Waals surface area contributed by atoms with Crippen LogP contribution in [0.3, 0.4) is 0 Å². The maximum atomic E-state index is 10.8. The van der Waals surface area contributed by atoms with E-state index in [9.17, 15) is 10.1 Å². The molecular formula is C10H14N2O2. The van der Waals surface area contributed by atoms with E-state index in [1.54, 1.807) is 18.2 Å². The first-order valence-corrected chi connectivity index (χ1v) is 4.59. The van der Waals surface area contributed by atoms with Crippen molar-refractivity contribution in [3.8, 4) is 0 Å². The normalized spacial score (nSPS) is 26.5. The first-order chi connectivity index (χ1) is 6.70. The third-order valence-corrected chi connectivity index (χ3v) is 2.38. The van der Waals surface area contributed by atoms with Crippen molar-refractivity contribution >= 4 is 0 Å². The minimum Gasteiger partial charge on any atom is -0.405 e. The molecule has 0 fully saturated rings. The Bertz CT molecular complexity index is 305. The molecule has 0 aromatic heterocycles. The van der Waals surface area contributed by atoms with E-state index in [-0.39, 0.29) is 10.8 Å². The molecule has 1 aliphatic carbocycles. The summed E-state index contributed by atoms with van der Waals surface area (Å²) in [5.74, 6) is -0.190. The highest BCUT2D eigenvalue weighted by molar-refractivity contribution is 5.27. The second kappa shape index (κ2) is 4.60. The van der Waals surface area contributed by atoms with E-state index in [1.165, 1.54) is 6.20 Å². The first kappa shape index (κ1) is 10.5. The average molecular weight is 194 g/mol. The summed E-state index contributed by atoms with van der Waals surface area (Å²) < 4.78 is 0. The Morgan fingerprint density at radius 2 is 2.43 bits per heavy atom. The van der Waals surface area contributed by atoms with Crippen LogP contribution in [0.25, 0.3) is 0 Å². The molecule has 2 N–H and O–H groups in total. The number of nitrogens with two attached hydrogens (primary N) is 1. The Hall–Kier alpha value is -1.58. The van der Waals surface area contributed by atoms with Crippen molar-refractivity contribution in [2.24, 2.45) is 11.7 Å². The van der Waals surface area contributed by atoms with Crippen LogP contribution in [0.15, 0.2) is 36.1 Å². The molecular weight excluding hydrogens is 180 g/mol. The fraction of sp³-hybridized carbons (Fsp3) is 0.400. The van der Waals surface area contributed by atoms with Gasteiger partial charge in [0.05, 0.1) is 5.92 Å². The molecule has 2 unspecified atom stereocenters. The van der Waals surface area contributed by atoms with Crippen molar-refractivity contribution in [1.29, 1.82) is 0 Å². The monoisotopic (exact) mass is 194 g/mol. The molecule has 14 heavy (non-hydrogen) atoms. The largest absolute Gasteiger partial charge is 0.405 e. The Morgan fingerprint density at radius 1 is 1.71 bits per heavy atom. The molecule has 0 radical (unpaired) electrons. The van der Waals surface area contributed by atoms with Gasteiger partial charge in [0.15, 0.2) is 0 Å². The maximum absolute atomic E-state index is 10.8. The quantitative estimate of drug-likeness (QED) is 0.548.